The molecule has 0 saturated heterocycles. The van der Waals surface area contributed by atoms with Crippen LogP contribution in [0, 0.1) is 0 Å². The maximum atomic E-state index is 8.15. The number of hydrogen-bond acceptors (Lipinski definition) is 1. The molecule has 2 heteroatoms. The molecule has 86 valence electrons. The summed E-state index contributed by atoms with van der Waals surface area (Å²) in [6, 6.07) is 0. The highest BCUT2D eigenvalue weighted by molar-refractivity contribution is 6.78. The summed E-state index contributed by atoms with van der Waals surface area (Å²) in [7, 11) is -0.859. The van der Waals surface area contributed by atoms with Crippen LogP contribution < -0.4 is 0 Å². The van der Waals surface area contributed by atoms with Gasteiger partial charge in [0, 0.05) is 14.7 Å². The van der Waals surface area contributed by atoms with Crippen LogP contribution >= 0.6 is 0 Å². The van der Waals surface area contributed by atoms with Crippen LogP contribution in [-0.2, 0) is 0 Å². The minimum Gasteiger partial charge on any atom is -0.396 e. The first kappa shape index (κ1) is 16.4. The number of hydrogen-bond donors (Lipinski definition) is 1. The van der Waals surface area contributed by atoms with Gasteiger partial charge in [0.2, 0.25) is 0 Å². The number of unbranched alkanes of at least 4 members (excludes halogenated alkanes) is 1. The third-order valence-corrected chi connectivity index (χ3v) is 7.32. The Hall–Kier alpha value is -0.0831. The molecule has 1 N–H and O–H groups in total. The van der Waals surface area contributed by atoms with Gasteiger partial charge in [-0.05, 0) is 17.9 Å². The van der Waals surface area contributed by atoms with Crippen molar-refractivity contribution >= 4 is 8.07 Å². The molecular formula is C12H28OSi. The largest absolute Gasteiger partial charge is 0.396 e. The van der Waals surface area contributed by atoms with E-state index in [2.05, 4.69) is 47.0 Å². The maximum absolute atomic E-state index is 8.15. The van der Waals surface area contributed by atoms with Crippen LogP contribution in [0.4, 0.5) is 0 Å². The van der Waals surface area contributed by atoms with E-state index in [0.29, 0.717) is 5.04 Å². The van der Waals surface area contributed by atoms with E-state index in [9.17, 15) is 0 Å². The van der Waals surface area contributed by atoms with Gasteiger partial charge in [-0.3, -0.25) is 0 Å². The fourth-order valence-electron chi connectivity index (χ4n) is 0.236. The van der Waals surface area contributed by atoms with Gasteiger partial charge in [-0.2, -0.15) is 0 Å². The molecule has 0 atom stereocenters. The summed E-state index contributed by atoms with van der Waals surface area (Å²) in [4.78, 5) is 0. The standard InChI is InChI=1S/C7H18Si.C5H10O/c1-7(2,3)8(4,5)6;1-2-3-4-5-6/h1-6H3;2,6H,1,3-5H2. The lowest BCUT2D eigenvalue weighted by Crippen LogP contribution is -2.32. The predicted molar refractivity (Wildman–Crippen MR) is 69.6 cm³/mol. The summed E-state index contributed by atoms with van der Waals surface area (Å²) in [5, 5.41) is 8.73. The third-order valence-electron chi connectivity index (χ3n) is 2.82. The second-order valence-electron chi connectivity index (χ2n) is 5.65. The summed E-state index contributed by atoms with van der Waals surface area (Å²) in [5.74, 6) is 0. The zero-order chi connectivity index (χ0) is 11.8. The second-order valence-corrected chi connectivity index (χ2v) is 11.7. The van der Waals surface area contributed by atoms with E-state index in [4.69, 9.17) is 5.11 Å². The first-order valence-electron chi connectivity index (χ1n) is 5.38. The van der Waals surface area contributed by atoms with Crippen LogP contribution in [-0.4, -0.2) is 19.8 Å². The van der Waals surface area contributed by atoms with Crippen molar-refractivity contribution in [3.8, 4) is 0 Å². The fourth-order valence-corrected chi connectivity index (χ4v) is 0.236. The molecular weight excluding hydrogens is 188 g/mol. The van der Waals surface area contributed by atoms with Crippen LogP contribution in [0.3, 0.4) is 0 Å². The van der Waals surface area contributed by atoms with Crippen LogP contribution in [0.25, 0.3) is 0 Å². The Morgan fingerprint density at radius 1 is 1.21 bits per heavy atom. The van der Waals surface area contributed by atoms with E-state index in [1.54, 1.807) is 6.08 Å². The summed E-state index contributed by atoms with van der Waals surface area (Å²) >= 11 is 0. The molecule has 0 bridgehead atoms. The Kier molecular flexibility index (Phi) is 8.46. The third kappa shape index (κ3) is 10.0. The molecule has 0 aliphatic rings. The number of allylic oxidation sites excluding steroid dienone is 1. The molecule has 0 rings (SSSR count). The van der Waals surface area contributed by atoms with Crippen molar-refractivity contribution < 1.29 is 5.11 Å². The Balaban J connectivity index is 0. The van der Waals surface area contributed by atoms with Gasteiger partial charge >= 0.3 is 0 Å². The second kappa shape index (κ2) is 7.24. The van der Waals surface area contributed by atoms with Gasteiger partial charge < -0.3 is 5.11 Å². The van der Waals surface area contributed by atoms with Crippen molar-refractivity contribution in [3.63, 3.8) is 0 Å². The molecule has 0 aliphatic heterocycles. The fraction of sp³-hybridized carbons (Fsp3) is 0.833. The molecule has 0 aliphatic carbocycles. The van der Waals surface area contributed by atoms with Gasteiger partial charge in [0.05, 0.1) is 0 Å². The Morgan fingerprint density at radius 3 is 1.64 bits per heavy atom. The van der Waals surface area contributed by atoms with E-state index >= 15 is 0 Å². The normalized spacial score (nSPS) is 11.6. The van der Waals surface area contributed by atoms with Crippen LogP contribution in [0.5, 0.6) is 0 Å². The van der Waals surface area contributed by atoms with E-state index in [1.165, 1.54) is 0 Å². The first-order valence-corrected chi connectivity index (χ1v) is 8.88. The van der Waals surface area contributed by atoms with Gasteiger partial charge in [0.15, 0.2) is 0 Å². The molecule has 0 amide bonds. The highest BCUT2D eigenvalue weighted by Crippen LogP contribution is 2.35. The highest BCUT2D eigenvalue weighted by atomic mass is 28.3. The topological polar surface area (TPSA) is 20.2 Å². The van der Waals surface area contributed by atoms with Crippen molar-refractivity contribution in [2.45, 2.75) is 58.3 Å². The molecule has 0 heterocycles. The lowest BCUT2D eigenvalue weighted by atomic mass is 10.2. The quantitative estimate of drug-likeness (QED) is 0.428. The predicted octanol–water partition coefficient (Wildman–Crippen LogP) is 4.07. The minimum absolute atomic E-state index is 0.284. The monoisotopic (exact) mass is 216 g/mol. The van der Waals surface area contributed by atoms with E-state index in [0.717, 1.165) is 12.8 Å². The van der Waals surface area contributed by atoms with Gasteiger partial charge in [0.1, 0.15) is 0 Å². The van der Waals surface area contributed by atoms with E-state index < -0.39 is 8.07 Å². The Labute approximate surface area is 91.2 Å². The van der Waals surface area contributed by atoms with Gasteiger partial charge in [-0.1, -0.05) is 46.5 Å². The summed E-state index contributed by atoms with van der Waals surface area (Å²) in [6.45, 7) is 18.0. The van der Waals surface area contributed by atoms with Crippen molar-refractivity contribution in [3.05, 3.63) is 12.7 Å². The lowest BCUT2D eigenvalue weighted by molar-refractivity contribution is 0.289. The molecule has 0 spiro atoms. The van der Waals surface area contributed by atoms with Gasteiger partial charge in [-0.25, -0.2) is 0 Å². The van der Waals surface area contributed by atoms with Crippen molar-refractivity contribution in [2.24, 2.45) is 0 Å². The molecule has 0 fully saturated rings. The molecule has 0 saturated carbocycles. The Morgan fingerprint density at radius 2 is 1.57 bits per heavy atom. The molecule has 0 aromatic carbocycles. The maximum Gasteiger partial charge on any atom is 0.0496 e. The molecule has 0 aromatic heterocycles. The van der Waals surface area contributed by atoms with E-state index in [1.807, 2.05) is 0 Å². The molecule has 1 nitrogen and oxygen atoms in total. The van der Waals surface area contributed by atoms with Crippen LogP contribution in [0.2, 0.25) is 24.7 Å². The number of rotatable bonds is 3. The summed E-state index contributed by atoms with van der Waals surface area (Å²) in [6.07, 6.45) is 3.58. The van der Waals surface area contributed by atoms with Crippen LogP contribution in [0.15, 0.2) is 12.7 Å². The van der Waals surface area contributed by atoms with Crippen molar-refractivity contribution in [2.75, 3.05) is 6.61 Å². The van der Waals surface area contributed by atoms with E-state index in [-0.39, 0.29) is 6.61 Å². The van der Waals surface area contributed by atoms with Crippen LogP contribution in [0.1, 0.15) is 33.6 Å². The summed E-state index contributed by atoms with van der Waals surface area (Å²) < 4.78 is 0. The SMILES string of the molecule is C=CCCCO.CC(C)(C)[Si](C)(C)C. The van der Waals surface area contributed by atoms with Gasteiger partial charge in [-0.15, -0.1) is 6.58 Å². The number of aliphatic hydroxyl groups is 1. The lowest BCUT2D eigenvalue weighted by Gasteiger charge is -2.32. The molecule has 0 aromatic rings. The smallest absolute Gasteiger partial charge is 0.0496 e. The minimum atomic E-state index is -0.859. The van der Waals surface area contributed by atoms with Crippen molar-refractivity contribution in [1.82, 2.24) is 0 Å². The average molecular weight is 216 g/mol. The Bertz CT molecular complexity index is 127. The molecule has 0 unspecified atom stereocenters. The molecule has 0 radical (unpaired) electrons. The van der Waals surface area contributed by atoms with Crippen molar-refractivity contribution in [1.29, 1.82) is 0 Å². The number of aliphatic hydroxyl groups excluding tert-OH is 1. The average Bonchev–Trinajstić information content (AvgIpc) is 1.98. The first-order chi connectivity index (χ1) is 6.16. The highest BCUT2D eigenvalue weighted by Gasteiger charge is 2.29. The molecule has 14 heavy (non-hydrogen) atoms. The van der Waals surface area contributed by atoms with Gasteiger partial charge in [0.25, 0.3) is 0 Å². The zero-order valence-corrected chi connectivity index (χ0v) is 11.9. The zero-order valence-electron chi connectivity index (χ0n) is 10.9. The summed E-state index contributed by atoms with van der Waals surface area (Å²) in [5.41, 5.74) is 0.